The summed E-state index contributed by atoms with van der Waals surface area (Å²) in [4.78, 5) is 0. The number of benzene rings is 2. The molecule has 0 N–H and O–H groups in total. The number of rotatable bonds is 6. The van der Waals surface area contributed by atoms with Crippen molar-refractivity contribution < 1.29 is 58.9 Å². The van der Waals surface area contributed by atoms with E-state index in [0.29, 0.717) is 15.4 Å². The van der Waals surface area contributed by atoms with Gasteiger partial charge in [0.1, 0.15) is 0 Å². The van der Waals surface area contributed by atoms with Crippen molar-refractivity contribution in [1.82, 2.24) is 0 Å². The fraction of sp³-hybridized carbons (Fsp3) is 0.391. The molecule has 0 heterocycles. The third-order valence-corrected chi connectivity index (χ3v) is 6.65. The zero-order valence-corrected chi connectivity index (χ0v) is 21.8. The Morgan fingerprint density at radius 3 is 2.14 bits per heavy atom. The largest absolute Gasteiger partial charge is 4.00 e. The van der Waals surface area contributed by atoms with Gasteiger partial charge in [0.25, 0.3) is 0 Å². The van der Waals surface area contributed by atoms with Gasteiger partial charge in [0.2, 0.25) is 0 Å². The first kappa shape index (κ1) is 30.2. The molecule has 0 nitrogen and oxygen atoms in total. The first-order valence-corrected chi connectivity index (χ1v) is 10.2. The summed E-state index contributed by atoms with van der Waals surface area (Å²) in [6, 6.07) is 13.6. The van der Waals surface area contributed by atoms with Crippen molar-refractivity contribution in [3.05, 3.63) is 70.3 Å². The number of halogens is 3. The van der Waals surface area contributed by atoms with Crippen LogP contribution in [0.1, 0.15) is 66.3 Å². The summed E-state index contributed by atoms with van der Waals surface area (Å²) in [6.45, 7) is 8.97. The van der Waals surface area contributed by atoms with Crippen LogP contribution in [0.4, 0.5) is 0 Å². The third-order valence-electron chi connectivity index (χ3n) is 4.95. The molecule has 1 unspecified atom stereocenters. The summed E-state index contributed by atoms with van der Waals surface area (Å²) < 4.78 is 0. The van der Waals surface area contributed by atoms with Crippen molar-refractivity contribution in [2.75, 3.05) is 0 Å². The molecule has 1 aliphatic rings. The molecule has 2 radical (unpaired) electrons. The first-order valence-electron chi connectivity index (χ1n) is 9.17. The second-order valence-corrected chi connectivity index (χ2v) is 8.30. The molecule has 3 rings (SSSR count). The van der Waals surface area contributed by atoms with Gasteiger partial charge in [-0.3, -0.25) is 6.08 Å². The van der Waals surface area contributed by atoms with Crippen LogP contribution in [0.25, 0.3) is 5.20 Å². The Morgan fingerprint density at radius 1 is 0.929 bits per heavy atom. The maximum atomic E-state index is 3.86. The van der Waals surface area contributed by atoms with Gasteiger partial charge in [-0.2, -0.15) is 5.56 Å². The van der Waals surface area contributed by atoms with Crippen LogP contribution in [0, 0.1) is 26.8 Å². The topological polar surface area (TPSA) is 0 Å². The van der Waals surface area contributed by atoms with Crippen molar-refractivity contribution in [1.29, 1.82) is 0 Å². The Hall–Kier alpha value is -0.0188. The first-order chi connectivity index (χ1) is 11.6. The maximum Gasteiger partial charge on any atom is 4.00 e. The van der Waals surface area contributed by atoms with Crippen molar-refractivity contribution in [3.8, 4) is 0 Å². The zero-order chi connectivity index (χ0) is 17.1. The van der Waals surface area contributed by atoms with E-state index in [1.807, 2.05) is 0 Å². The van der Waals surface area contributed by atoms with E-state index in [0.717, 1.165) is 0 Å². The fourth-order valence-corrected chi connectivity index (χ4v) is 5.19. The molecular formula is C23H27Cl3SiTi. The number of aryl methyl sites for hydroxylation is 3. The van der Waals surface area contributed by atoms with Gasteiger partial charge >= 0.3 is 21.7 Å². The van der Waals surface area contributed by atoms with Crippen LogP contribution in [0.2, 0.25) is 0 Å². The van der Waals surface area contributed by atoms with Crippen LogP contribution in [-0.4, -0.2) is 9.52 Å². The summed E-state index contributed by atoms with van der Waals surface area (Å²) in [6.07, 6.45) is 9.02. The average molecular weight is 486 g/mol. The Bertz CT molecular complexity index is 751. The molecule has 0 aromatic heterocycles. The minimum atomic E-state index is 0. The van der Waals surface area contributed by atoms with Crippen LogP contribution in [0.15, 0.2) is 36.4 Å². The average Bonchev–Trinajstić information content (AvgIpc) is 2.89. The van der Waals surface area contributed by atoms with Crippen molar-refractivity contribution in [2.45, 2.75) is 59.3 Å². The number of hydrogen-bond donors (Lipinski definition) is 0. The molecule has 2 aromatic rings. The van der Waals surface area contributed by atoms with E-state index in [4.69, 9.17) is 0 Å². The van der Waals surface area contributed by atoms with Gasteiger partial charge in [0, 0.05) is 0 Å². The second-order valence-electron chi connectivity index (χ2n) is 7.05. The Labute approximate surface area is 207 Å². The summed E-state index contributed by atoms with van der Waals surface area (Å²) in [5.41, 5.74) is 7.15. The van der Waals surface area contributed by atoms with E-state index < -0.39 is 0 Å². The molecular weight excluding hydrogens is 459 g/mol. The molecule has 5 heteroatoms. The molecule has 0 fully saturated rings. The molecule has 28 heavy (non-hydrogen) atoms. The minimum absolute atomic E-state index is 0. The van der Waals surface area contributed by atoms with E-state index in [2.05, 4.69) is 70.2 Å². The van der Waals surface area contributed by atoms with Crippen LogP contribution >= 0.6 is 0 Å². The van der Waals surface area contributed by atoms with E-state index in [-0.39, 0.29) is 58.9 Å². The molecule has 0 aliphatic heterocycles. The molecule has 0 spiro atoms. The predicted octanol–water partition coefficient (Wildman–Crippen LogP) is -3.53. The predicted molar refractivity (Wildman–Crippen MR) is 106 cm³/mol. The SMILES string of the molecule is CCCCCC1[C-]=C([Si]c2c(C)cc(C)cc2C)c2ccccc21.[Cl-].[Cl-].[Cl-].[Ti+4]. The summed E-state index contributed by atoms with van der Waals surface area (Å²) >= 11 is 0. The summed E-state index contributed by atoms with van der Waals surface area (Å²) in [5, 5.41) is 2.94. The number of allylic oxidation sites excluding steroid dienone is 1. The van der Waals surface area contributed by atoms with Crippen LogP contribution in [0.3, 0.4) is 0 Å². The van der Waals surface area contributed by atoms with Gasteiger partial charge in [0.05, 0.1) is 9.52 Å². The van der Waals surface area contributed by atoms with Gasteiger partial charge in [0.15, 0.2) is 0 Å². The maximum absolute atomic E-state index is 3.86. The Morgan fingerprint density at radius 2 is 1.54 bits per heavy atom. The quantitative estimate of drug-likeness (QED) is 0.226. The monoisotopic (exact) mass is 484 g/mol. The molecule has 0 amide bonds. The van der Waals surface area contributed by atoms with Gasteiger partial charge in [-0.05, 0) is 20.8 Å². The second kappa shape index (κ2) is 14.1. The van der Waals surface area contributed by atoms with E-state index in [1.165, 1.54) is 63.9 Å². The standard InChI is InChI=1S/C23H27Si.3ClH.Ti/c1-5-6-7-10-19-15-22(21-12-9-8-11-20(19)21)24-23-17(3)13-16(2)14-18(23)4;;;;/h8-9,11-14,19H,5-7,10H2,1-4H3;3*1H;/q-1;;;;+4/p-3. The van der Waals surface area contributed by atoms with Gasteiger partial charge in [-0.15, -0.1) is 11.6 Å². The van der Waals surface area contributed by atoms with Crippen molar-refractivity contribution in [3.63, 3.8) is 0 Å². The third kappa shape index (κ3) is 7.04. The molecule has 0 saturated carbocycles. The molecule has 1 aliphatic carbocycles. The fourth-order valence-electron chi connectivity index (χ4n) is 3.79. The summed E-state index contributed by atoms with van der Waals surface area (Å²) in [7, 11) is 0.716. The van der Waals surface area contributed by atoms with Crippen LogP contribution < -0.4 is 42.4 Å². The summed E-state index contributed by atoms with van der Waals surface area (Å²) in [5.74, 6) is 0.501. The normalized spacial score (nSPS) is 13.9. The smallest absolute Gasteiger partial charge is 1.00 e. The molecule has 0 bridgehead atoms. The van der Waals surface area contributed by atoms with E-state index >= 15 is 0 Å². The number of hydrogen-bond acceptors (Lipinski definition) is 0. The number of unbranched alkanes of at least 4 members (excludes halogenated alkanes) is 2. The minimum Gasteiger partial charge on any atom is -1.00 e. The Balaban J connectivity index is 0. The number of fused-ring (bicyclic) bond motifs is 1. The van der Waals surface area contributed by atoms with E-state index in [9.17, 15) is 0 Å². The van der Waals surface area contributed by atoms with E-state index in [1.54, 1.807) is 0 Å². The molecule has 2 aromatic carbocycles. The van der Waals surface area contributed by atoms with Crippen LogP contribution in [-0.2, 0) is 21.7 Å². The van der Waals surface area contributed by atoms with Crippen LogP contribution in [0.5, 0.6) is 0 Å². The zero-order valence-electron chi connectivity index (χ0n) is 17.0. The van der Waals surface area contributed by atoms with Gasteiger partial charge < -0.3 is 37.2 Å². The van der Waals surface area contributed by atoms with Crippen molar-refractivity contribution in [2.24, 2.45) is 0 Å². The molecule has 148 valence electrons. The molecule has 1 atom stereocenters. The van der Waals surface area contributed by atoms with Crippen molar-refractivity contribution >= 4 is 19.9 Å². The molecule has 0 saturated heterocycles. The van der Waals surface area contributed by atoms with Gasteiger partial charge in [-0.1, -0.05) is 90.7 Å². The van der Waals surface area contributed by atoms with Gasteiger partial charge in [-0.25, -0.2) is 5.20 Å². The Kier molecular flexibility index (Phi) is 15.2.